The van der Waals surface area contributed by atoms with Crippen LogP contribution in [0.5, 0.6) is 17.6 Å². The van der Waals surface area contributed by atoms with Gasteiger partial charge in [-0.3, -0.25) is 29.0 Å². The third kappa shape index (κ3) is 22.0. The summed E-state index contributed by atoms with van der Waals surface area (Å²) in [4.78, 5) is 92.5. The van der Waals surface area contributed by atoms with Gasteiger partial charge in [0.05, 0.1) is 123 Å². The van der Waals surface area contributed by atoms with E-state index in [1.165, 1.54) is 79.3 Å². The Kier molecular flexibility index (Phi) is 32.3. The molecule has 730 valence electrons. The van der Waals surface area contributed by atoms with Crippen molar-refractivity contribution in [2.24, 2.45) is 5.92 Å². The number of likely N-dealkylation sites (tertiary alicyclic amines) is 2. The quantitative estimate of drug-likeness (QED) is 0.0549. The number of benzene rings is 6. The van der Waals surface area contributed by atoms with Crippen molar-refractivity contribution >= 4 is 90.1 Å². The number of carbonyl (C=O) groups is 4. The molecule has 0 bridgehead atoms. The molecule has 6 atom stereocenters. The number of hydrogen-bond donors (Lipinski definition) is 1. The molecule has 0 spiro atoms. The number of nitriles is 6. The van der Waals surface area contributed by atoms with Crippen LogP contribution in [0.3, 0.4) is 0 Å². The number of aromatic nitrogens is 3. The van der Waals surface area contributed by atoms with Crippen LogP contribution in [-0.2, 0) is 58.1 Å². The number of anilines is 6. The predicted octanol–water partition coefficient (Wildman–Crippen LogP) is 13.2. The lowest BCUT2D eigenvalue weighted by Gasteiger charge is -2.43. The molecule has 9 aliphatic heterocycles. The number of pyridine rings is 3. The lowest BCUT2D eigenvalue weighted by atomic mass is 9.95. The smallest absolute Gasteiger partial charge is 0.246 e. The molecule has 141 heavy (non-hydrogen) atoms. The van der Waals surface area contributed by atoms with Crippen LogP contribution in [0, 0.1) is 94.7 Å². The van der Waals surface area contributed by atoms with Crippen LogP contribution in [0.1, 0.15) is 132 Å². The fourth-order valence-corrected chi connectivity index (χ4v) is 22.6. The zero-order chi connectivity index (χ0) is 99.1. The first kappa shape index (κ1) is 99.6. The predicted molar refractivity (Wildman–Crippen MR) is 548 cm³/mol. The van der Waals surface area contributed by atoms with Gasteiger partial charge in [0.2, 0.25) is 41.3 Å². The summed E-state index contributed by atoms with van der Waals surface area (Å²) in [5.74, 6) is 0.827. The van der Waals surface area contributed by atoms with Crippen molar-refractivity contribution in [3.63, 3.8) is 0 Å². The first-order chi connectivity index (χ1) is 68.6. The van der Waals surface area contributed by atoms with E-state index in [1.54, 1.807) is 21.6 Å². The fourth-order valence-electron chi connectivity index (χ4n) is 22.6. The molecule has 9 aliphatic rings. The molecule has 6 saturated heterocycles. The number of fused-ring (bicyclic) bond motifs is 6. The summed E-state index contributed by atoms with van der Waals surface area (Å²) < 4.78 is 19.5. The zero-order valence-corrected chi connectivity index (χ0v) is 82.2. The molecule has 0 radical (unpaired) electrons. The van der Waals surface area contributed by atoms with E-state index in [9.17, 15) is 55.9 Å². The molecule has 30 heteroatoms. The first-order valence-corrected chi connectivity index (χ1v) is 49.8. The van der Waals surface area contributed by atoms with Gasteiger partial charge in [0.1, 0.15) is 47.1 Å². The van der Waals surface area contributed by atoms with Crippen LogP contribution in [-0.4, -0.2) is 273 Å². The Morgan fingerprint density at radius 3 is 1.19 bits per heavy atom. The van der Waals surface area contributed by atoms with Crippen LogP contribution in [0.15, 0.2) is 147 Å². The van der Waals surface area contributed by atoms with Gasteiger partial charge in [0.15, 0.2) is 0 Å². The molecule has 4 amide bonds. The molecule has 18 rings (SSSR count). The lowest BCUT2D eigenvalue weighted by molar-refractivity contribution is -0.131. The van der Waals surface area contributed by atoms with Crippen molar-refractivity contribution in [2.45, 2.75) is 155 Å². The Hall–Kier alpha value is -14.4. The molecule has 6 aromatic carbocycles. The maximum atomic E-state index is 12.7. The summed E-state index contributed by atoms with van der Waals surface area (Å²) in [6, 6.07) is 51.4. The lowest BCUT2D eigenvalue weighted by Crippen LogP contribution is -2.55. The number of piperazine rings is 4. The highest BCUT2D eigenvalue weighted by atomic mass is 16.5. The van der Waals surface area contributed by atoms with Crippen molar-refractivity contribution in [2.75, 3.05) is 194 Å². The maximum absolute atomic E-state index is 12.7. The number of rotatable bonds is 24. The van der Waals surface area contributed by atoms with Gasteiger partial charge in [0.25, 0.3) is 0 Å². The minimum Gasteiger partial charge on any atom is -0.476 e. The van der Waals surface area contributed by atoms with Crippen LogP contribution in [0.4, 0.5) is 34.1 Å². The first-order valence-electron chi connectivity index (χ1n) is 49.8. The van der Waals surface area contributed by atoms with Crippen molar-refractivity contribution in [3.05, 3.63) is 214 Å². The second-order valence-corrected chi connectivity index (χ2v) is 38.6. The monoisotopic (exact) mass is 1900 g/mol. The number of aliphatic hydroxyl groups excluding tert-OH is 1. The summed E-state index contributed by atoms with van der Waals surface area (Å²) >= 11 is 0. The molecule has 0 saturated carbocycles. The number of nitrogens with zero attached hydrogens (tertiary/aromatic N) is 22. The Labute approximate surface area is 827 Å². The van der Waals surface area contributed by atoms with Crippen LogP contribution >= 0.6 is 0 Å². The number of amides is 4. The molecule has 1 N–H and O–H groups in total. The topological polar surface area (TPSA) is 340 Å². The van der Waals surface area contributed by atoms with Gasteiger partial charge in [-0.15, -0.1) is 0 Å². The molecule has 3 unspecified atom stereocenters. The number of ether oxygens (including phenoxy) is 3. The third-order valence-electron chi connectivity index (χ3n) is 29.5. The highest BCUT2D eigenvalue weighted by Gasteiger charge is 2.42. The van der Waals surface area contributed by atoms with Gasteiger partial charge in [-0.2, -0.15) is 31.6 Å². The number of aryl methyl sites for hydroxylation is 3. The van der Waals surface area contributed by atoms with E-state index in [0.717, 1.165) is 153 Å². The molecule has 0 aliphatic carbocycles. The SMILES string of the molecule is C=CC(=O)N1CCN(c2c(C#N)c(OC(C)CN3CCN(C(C)=O)CC3)nc3c2CCN(c2cccc4cccc(C)c24)C3)C[C@@H]1CC#N.C=CC(=O)N1CCN(c2c(C#N)c(OC(CO)CN3CCCCC3)nc3c2CCN(c2cccc4cccc(C)c24)C3)C[C@@H]1CC#N.C=CC(=O)N1CCN(c2c(C#N)c(OCC3CCCN(C)C3)nc3c2CCN(c2cccc4cccc(C)c24)C3)C[C@@H]1CC#N. The van der Waals surface area contributed by atoms with Gasteiger partial charge in [-0.1, -0.05) is 117 Å². The van der Waals surface area contributed by atoms with Gasteiger partial charge < -0.3 is 73.2 Å². The highest BCUT2D eigenvalue weighted by Crippen LogP contribution is 2.46. The van der Waals surface area contributed by atoms with Crippen LogP contribution < -0.4 is 43.6 Å². The van der Waals surface area contributed by atoms with Crippen molar-refractivity contribution < 1.29 is 38.5 Å². The summed E-state index contributed by atoms with van der Waals surface area (Å²) in [6.45, 7) is 37.4. The maximum Gasteiger partial charge on any atom is 0.246 e. The van der Waals surface area contributed by atoms with Crippen molar-refractivity contribution in [3.8, 4) is 54.1 Å². The average molecular weight is 1900 g/mol. The molecule has 9 aromatic rings. The number of aliphatic hydroxyl groups is 1. The third-order valence-corrected chi connectivity index (χ3v) is 29.5. The Bertz CT molecular complexity index is 6450. The second-order valence-electron chi connectivity index (χ2n) is 38.6. The molecule has 3 aromatic heterocycles. The normalized spacial score (nSPS) is 19.4. The Morgan fingerprint density at radius 2 is 0.823 bits per heavy atom. The van der Waals surface area contributed by atoms with Gasteiger partial charge in [-0.25, -0.2) is 15.0 Å². The van der Waals surface area contributed by atoms with E-state index < -0.39 is 6.10 Å². The summed E-state index contributed by atoms with van der Waals surface area (Å²) in [5, 5.41) is 78.5. The summed E-state index contributed by atoms with van der Waals surface area (Å²) in [6.07, 6.45) is 11.4. The molecule has 12 heterocycles. The van der Waals surface area contributed by atoms with E-state index in [2.05, 4.69) is 237 Å². The Balaban J connectivity index is 0.000000152. The van der Waals surface area contributed by atoms with Crippen molar-refractivity contribution in [1.82, 2.24) is 49.3 Å². The molecular weight excluding hydrogens is 1770 g/mol. The summed E-state index contributed by atoms with van der Waals surface area (Å²) in [5.41, 5.74) is 16.4. The molecule has 6 fully saturated rings. The van der Waals surface area contributed by atoms with Crippen LogP contribution in [0.25, 0.3) is 32.3 Å². The molecular formula is C111H128N22O8. The average Bonchev–Trinajstić information content (AvgIpc) is 0.755. The van der Waals surface area contributed by atoms with Crippen LogP contribution in [0.2, 0.25) is 0 Å². The van der Waals surface area contributed by atoms with Gasteiger partial charge in [0, 0.05) is 187 Å². The van der Waals surface area contributed by atoms with E-state index >= 15 is 0 Å². The van der Waals surface area contributed by atoms with E-state index in [-0.39, 0.29) is 79.6 Å². The minimum atomic E-state index is -0.535. The fraction of sp³-hybridized carbons (Fsp3) is 0.450. The van der Waals surface area contributed by atoms with E-state index in [1.807, 2.05) is 11.8 Å². The second kappa shape index (κ2) is 45.7. The van der Waals surface area contributed by atoms with Gasteiger partial charge in [-0.05, 0) is 169 Å². The summed E-state index contributed by atoms with van der Waals surface area (Å²) in [7, 11) is 2.14. The largest absolute Gasteiger partial charge is 0.476 e. The number of piperidine rings is 2. The minimum absolute atomic E-state index is 0.0906. The molecule has 30 nitrogen and oxygen atoms in total. The van der Waals surface area contributed by atoms with E-state index in [0.29, 0.717) is 159 Å². The number of carbonyl (C=O) groups excluding carboxylic acids is 4. The highest BCUT2D eigenvalue weighted by molar-refractivity contribution is 6.00. The van der Waals surface area contributed by atoms with E-state index in [4.69, 9.17) is 29.2 Å². The number of hydrogen-bond acceptors (Lipinski definition) is 26. The van der Waals surface area contributed by atoms with Crippen molar-refractivity contribution in [1.29, 1.82) is 31.6 Å². The Morgan fingerprint density at radius 1 is 0.447 bits per heavy atom. The van der Waals surface area contributed by atoms with Gasteiger partial charge >= 0.3 is 0 Å². The zero-order valence-electron chi connectivity index (χ0n) is 82.2. The standard InChI is InChI=1S/C38H44N8O3.C37H43N7O3.C36H41N7O2/c1-5-35(48)46-21-20-45(24-30(46)12-14-39)37-31-13-15-44(34-11-7-10-29-9-6-8-26(2)36(29)34)25-33(31)41-38(32(37)22-40)49-27(3)23-42-16-18-43(19-17-42)28(4)47;1-3-34(46)44-20-19-43(22-28(44)13-15-38)36-30-14-18-42(33-12-8-11-27-10-7-9-26(2)35(27)33)24-32(30)40-37(31(36)21-39)47-29(25-45)23-41-16-5-4-6-17-41;1-4-33(44)43-19-18-42(22-28(43)13-15-37)35-29-14-17-41(32-12-6-11-27-10-5-8-25(2)34(27)32)23-31(29)39-36(30(35)20-38)45-24-26-9-7-16-40(3)21-26/h5-11,27,30H,1,12-13,15-21,23-25H2,2-4H3;3,7-12,28-29,45H,1,4-6,13-14,16-20,22-25H2,2H3;4-6,8,10-12,26,28H,1,7,9,13-14,16-19,21-24H2,2-3H3/t27?,30-;28-,29?;26?,28-/m000/s1.